The summed E-state index contributed by atoms with van der Waals surface area (Å²) >= 11 is 6.80. The van der Waals surface area contributed by atoms with Gasteiger partial charge in [-0.2, -0.15) is 0 Å². The molecule has 0 aliphatic rings. The van der Waals surface area contributed by atoms with E-state index in [-0.39, 0.29) is 5.91 Å². The van der Waals surface area contributed by atoms with Gasteiger partial charge < -0.3 is 5.32 Å². The maximum absolute atomic E-state index is 12.2. The van der Waals surface area contributed by atoms with Crippen molar-refractivity contribution in [2.24, 2.45) is 0 Å². The van der Waals surface area contributed by atoms with E-state index >= 15 is 0 Å². The maximum atomic E-state index is 12.2. The Balaban J connectivity index is 2.20. The van der Waals surface area contributed by atoms with Gasteiger partial charge in [0.2, 0.25) is 0 Å². The first kappa shape index (κ1) is 14.3. The first-order chi connectivity index (χ1) is 9.10. The molecule has 0 aliphatic carbocycles. The minimum absolute atomic E-state index is 0.0864. The Morgan fingerprint density at radius 3 is 2.68 bits per heavy atom. The Morgan fingerprint density at radius 2 is 2.00 bits per heavy atom. The third kappa shape index (κ3) is 3.67. The predicted molar refractivity (Wildman–Crippen MR) is 85.9 cm³/mol. The zero-order valence-corrected chi connectivity index (χ0v) is 13.6. The molecule has 2 nitrogen and oxygen atoms in total. The Kier molecular flexibility index (Phi) is 4.77. The van der Waals surface area contributed by atoms with Gasteiger partial charge in [0.25, 0.3) is 5.91 Å². The molecule has 0 aromatic heterocycles. The molecule has 0 heterocycles. The van der Waals surface area contributed by atoms with Crippen LogP contribution >= 0.6 is 31.9 Å². The van der Waals surface area contributed by atoms with E-state index in [1.807, 2.05) is 49.4 Å². The van der Waals surface area contributed by atoms with Gasteiger partial charge >= 0.3 is 0 Å². The van der Waals surface area contributed by atoms with Crippen LogP contribution in [0.5, 0.6) is 0 Å². The number of aryl methyl sites for hydroxylation is 1. The van der Waals surface area contributed by atoms with E-state index in [1.165, 1.54) is 0 Å². The fraction of sp³-hybridized carbons (Fsp3) is 0.133. The normalized spacial score (nSPS) is 10.3. The van der Waals surface area contributed by atoms with E-state index in [0.717, 1.165) is 26.6 Å². The van der Waals surface area contributed by atoms with Gasteiger partial charge in [-0.1, -0.05) is 44.0 Å². The van der Waals surface area contributed by atoms with Crippen molar-refractivity contribution in [3.05, 3.63) is 63.6 Å². The molecule has 2 rings (SSSR count). The van der Waals surface area contributed by atoms with E-state index in [4.69, 9.17) is 0 Å². The molecule has 1 N–H and O–H groups in total. The largest absolute Gasteiger partial charge is 0.322 e. The molecule has 98 valence electrons. The third-order valence-electron chi connectivity index (χ3n) is 2.77. The number of halogens is 2. The smallest absolute Gasteiger partial charge is 0.255 e. The number of amides is 1. The van der Waals surface area contributed by atoms with Crippen LogP contribution in [0.15, 0.2) is 46.9 Å². The van der Waals surface area contributed by atoms with E-state index in [1.54, 1.807) is 0 Å². The number of benzene rings is 2. The molecular weight excluding hydrogens is 370 g/mol. The SMILES string of the molecule is Cc1cc(Br)ccc1C(=O)Nc1cccc(CBr)c1. The van der Waals surface area contributed by atoms with E-state index in [9.17, 15) is 4.79 Å². The van der Waals surface area contributed by atoms with Gasteiger partial charge in [0.15, 0.2) is 0 Å². The Hall–Kier alpha value is -1.13. The molecule has 0 saturated carbocycles. The number of nitrogens with one attached hydrogen (secondary N) is 1. The molecule has 4 heteroatoms. The number of rotatable bonds is 3. The predicted octanol–water partition coefficient (Wildman–Crippen LogP) is 4.90. The summed E-state index contributed by atoms with van der Waals surface area (Å²) in [6.07, 6.45) is 0. The van der Waals surface area contributed by atoms with Crippen LogP contribution in [-0.4, -0.2) is 5.91 Å². The molecule has 0 unspecified atom stereocenters. The van der Waals surface area contributed by atoms with Crippen LogP contribution in [0.2, 0.25) is 0 Å². The summed E-state index contributed by atoms with van der Waals surface area (Å²) in [6, 6.07) is 13.4. The highest BCUT2D eigenvalue weighted by molar-refractivity contribution is 9.10. The highest BCUT2D eigenvalue weighted by Gasteiger charge is 2.09. The fourth-order valence-electron chi connectivity index (χ4n) is 1.81. The van der Waals surface area contributed by atoms with Crippen molar-refractivity contribution in [1.82, 2.24) is 0 Å². The molecule has 0 radical (unpaired) electrons. The summed E-state index contributed by atoms with van der Waals surface area (Å²) in [4.78, 5) is 12.2. The second kappa shape index (κ2) is 6.35. The van der Waals surface area contributed by atoms with Crippen molar-refractivity contribution in [2.75, 3.05) is 5.32 Å². The molecule has 0 atom stereocenters. The summed E-state index contributed by atoms with van der Waals surface area (Å²) in [5.74, 6) is -0.0864. The standard InChI is InChI=1S/C15H13Br2NO/c1-10-7-12(17)5-6-14(10)15(19)18-13-4-2-3-11(8-13)9-16/h2-8H,9H2,1H3,(H,18,19). The van der Waals surface area contributed by atoms with Crippen molar-refractivity contribution >= 4 is 43.5 Å². The molecule has 19 heavy (non-hydrogen) atoms. The second-order valence-corrected chi connectivity index (χ2v) is 5.72. The third-order valence-corrected chi connectivity index (χ3v) is 3.91. The van der Waals surface area contributed by atoms with Gasteiger partial charge in [0.1, 0.15) is 0 Å². The Bertz CT molecular complexity index is 611. The zero-order valence-electron chi connectivity index (χ0n) is 10.4. The van der Waals surface area contributed by atoms with Gasteiger partial charge in [0.05, 0.1) is 0 Å². The molecule has 1 amide bonds. The van der Waals surface area contributed by atoms with Crippen LogP contribution in [-0.2, 0) is 5.33 Å². The highest BCUT2D eigenvalue weighted by Crippen LogP contribution is 2.18. The van der Waals surface area contributed by atoms with Crippen molar-refractivity contribution in [3.8, 4) is 0 Å². The lowest BCUT2D eigenvalue weighted by Gasteiger charge is -2.09. The van der Waals surface area contributed by atoms with Crippen molar-refractivity contribution < 1.29 is 4.79 Å². The molecule has 0 bridgehead atoms. The maximum Gasteiger partial charge on any atom is 0.255 e. The van der Waals surface area contributed by atoms with E-state index < -0.39 is 0 Å². The lowest BCUT2D eigenvalue weighted by Crippen LogP contribution is -2.13. The molecule has 2 aromatic rings. The molecular formula is C15H13Br2NO. The van der Waals surface area contributed by atoms with E-state index in [2.05, 4.69) is 37.2 Å². The van der Waals surface area contributed by atoms with Crippen LogP contribution in [0.3, 0.4) is 0 Å². The quantitative estimate of drug-likeness (QED) is 0.751. The summed E-state index contributed by atoms with van der Waals surface area (Å²) in [7, 11) is 0. The van der Waals surface area contributed by atoms with E-state index in [0.29, 0.717) is 5.56 Å². The van der Waals surface area contributed by atoms with Crippen LogP contribution in [0.4, 0.5) is 5.69 Å². The zero-order chi connectivity index (χ0) is 13.8. The minimum Gasteiger partial charge on any atom is -0.322 e. The molecule has 0 spiro atoms. The highest BCUT2D eigenvalue weighted by atomic mass is 79.9. The second-order valence-electron chi connectivity index (χ2n) is 4.25. The Labute approximate surface area is 129 Å². The number of hydrogen-bond donors (Lipinski definition) is 1. The number of alkyl halides is 1. The number of hydrogen-bond acceptors (Lipinski definition) is 1. The van der Waals surface area contributed by atoms with Crippen LogP contribution < -0.4 is 5.32 Å². The first-order valence-electron chi connectivity index (χ1n) is 5.82. The van der Waals surface area contributed by atoms with Gasteiger partial charge in [0, 0.05) is 21.1 Å². The van der Waals surface area contributed by atoms with Crippen molar-refractivity contribution in [2.45, 2.75) is 12.3 Å². The molecule has 0 aliphatic heterocycles. The number of carbonyl (C=O) groups excluding carboxylic acids is 1. The minimum atomic E-state index is -0.0864. The average molecular weight is 383 g/mol. The fourth-order valence-corrected chi connectivity index (χ4v) is 2.64. The Morgan fingerprint density at radius 1 is 1.21 bits per heavy atom. The van der Waals surface area contributed by atoms with Gasteiger partial charge in [-0.05, 0) is 48.4 Å². The number of carbonyl (C=O) groups is 1. The average Bonchev–Trinajstić information content (AvgIpc) is 2.38. The van der Waals surface area contributed by atoms with Crippen LogP contribution in [0.25, 0.3) is 0 Å². The topological polar surface area (TPSA) is 29.1 Å². The summed E-state index contributed by atoms with van der Waals surface area (Å²) in [6.45, 7) is 1.93. The van der Waals surface area contributed by atoms with Crippen LogP contribution in [0, 0.1) is 6.92 Å². The molecule has 0 saturated heterocycles. The molecule has 2 aromatic carbocycles. The summed E-state index contributed by atoms with van der Waals surface area (Å²) in [5.41, 5.74) is 3.57. The van der Waals surface area contributed by atoms with Crippen molar-refractivity contribution in [1.29, 1.82) is 0 Å². The summed E-state index contributed by atoms with van der Waals surface area (Å²) in [5, 5.41) is 3.69. The summed E-state index contributed by atoms with van der Waals surface area (Å²) < 4.78 is 0.975. The van der Waals surface area contributed by atoms with Gasteiger partial charge in [-0.15, -0.1) is 0 Å². The van der Waals surface area contributed by atoms with Gasteiger partial charge in [-0.3, -0.25) is 4.79 Å². The lowest BCUT2D eigenvalue weighted by atomic mass is 10.1. The first-order valence-corrected chi connectivity index (χ1v) is 7.74. The molecule has 0 fully saturated rings. The number of anilines is 1. The van der Waals surface area contributed by atoms with Crippen LogP contribution in [0.1, 0.15) is 21.5 Å². The lowest BCUT2D eigenvalue weighted by molar-refractivity contribution is 0.102. The van der Waals surface area contributed by atoms with Gasteiger partial charge in [-0.25, -0.2) is 0 Å². The monoisotopic (exact) mass is 381 g/mol. The van der Waals surface area contributed by atoms with Crippen molar-refractivity contribution in [3.63, 3.8) is 0 Å².